The van der Waals surface area contributed by atoms with Crippen LogP contribution in [0.25, 0.3) is 11.4 Å². The maximum atomic E-state index is 12.1. The van der Waals surface area contributed by atoms with Gasteiger partial charge in [-0.3, -0.25) is 0 Å². The van der Waals surface area contributed by atoms with Crippen molar-refractivity contribution in [3.05, 3.63) is 35.2 Å². The maximum Gasteiger partial charge on any atom is 0.242 e. The second kappa shape index (κ2) is 6.36. The molecule has 2 aromatic rings. The minimum atomic E-state index is -3.32. The molecule has 0 saturated heterocycles. The molecule has 1 aliphatic rings. The van der Waals surface area contributed by atoms with Crippen molar-refractivity contribution in [2.75, 3.05) is 0 Å². The van der Waals surface area contributed by atoms with E-state index in [2.05, 4.69) is 14.9 Å². The molecule has 0 unspecified atom stereocenters. The molecule has 1 saturated carbocycles. The van der Waals surface area contributed by atoms with Crippen molar-refractivity contribution in [3.8, 4) is 11.4 Å². The molecule has 3 rings (SSSR count). The molecule has 1 aliphatic carbocycles. The molecule has 1 heterocycles. The molecule has 1 fully saturated rings. The van der Waals surface area contributed by atoms with Crippen LogP contribution in [0.5, 0.6) is 0 Å². The first kappa shape index (κ1) is 15.5. The van der Waals surface area contributed by atoms with Gasteiger partial charge in [0.15, 0.2) is 0 Å². The van der Waals surface area contributed by atoms with Crippen LogP contribution in [0, 0.1) is 0 Å². The zero-order valence-electron chi connectivity index (χ0n) is 11.8. The number of nitrogens with zero attached hydrogens (tertiary/aromatic N) is 2. The number of nitrogens with one attached hydrogen (secondary N) is 1. The Morgan fingerprint density at radius 2 is 2.09 bits per heavy atom. The summed E-state index contributed by atoms with van der Waals surface area (Å²) in [4.78, 5) is 4.19. The molecular weight excluding hydrogens is 326 g/mol. The second-order valence-electron chi connectivity index (χ2n) is 5.29. The number of benzene rings is 1. The normalized spacial score (nSPS) is 16.2. The van der Waals surface area contributed by atoms with Crippen LogP contribution in [0.1, 0.15) is 31.6 Å². The largest absolute Gasteiger partial charge is 0.338 e. The van der Waals surface area contributed by atoms with Crippen LogP contribution in [-0.2, 0) is 16.6 Å². The fourth-order valence-corrected chi connectivity index (χ4v) is 4.25. The van der Waals surface area contributed by atoms with Crippen molar-refractivity contribution in [2.24, 2.45) is 0 Å². The number of halogens is 1. The van der Waals surface area contributed by atoms with Gasteiger partial charge in [-0.1, -0.05) is 41.7 Å². The van der Waals surface area contributed by atoms with E-state index in [4.69, 9.17) is 16.1 Å². The lowest BCUT2D eigenvalue weighted by molar-refractivity contribution is 0.375. The van der Waals surface area contributed by atoms with Crippen LogP contribution in [0.2, 0.25) is 5.02 Å². The predicted molar refractivity (Wildman–Crippen MR) is 82.8 cm³/mol. The molecule has 1 aromatic carbocycles. The summed E-state index contributed by atoms with van der Waals surface area (Å²) in [7, 11) is -3.32. The molecule has 0 radical (unpaired) electrons. The number of hydrogen-bond donors (Lipinski definition) is 1. The summed E-state index contributed by atoms with van der Waals surface area (Å²) in [5, 5.41) is 4.12. The van der Waals surface area contributed by atoms with Gasteiger partial charge < -0.3 is 4.52 Å². The minimum absolute atomic E-state index is 0.00635. The van der Waals surface area contributed by atoms with E-state index < -0.39 is 10.0 Å². The Bertz CT molecular complexity index is 754. The molecule has 0 aliphatic heterocycles. The van der Waals surface area contributed by atoms with E-state index in [9.17, 15) is 8.42 Å². The van der Waals surface area contributed by atoms with Gasteiger partial charge in [-0.05, 0) is 25.0 Å². The molecule has 0 amide bonds. The standard InChI is InChI=1S/C14H16ClN3O3S/c15-11-5-3-4-10(8-11)14-17-13(21-18-14)9-16-22(19,20)12-6-1-2-7-12/h3-5,8,12,16H,1-2,6-7,9H2. The van der Waals surface area contributed by atoms with E-state index in [0.29, 0.717) is 23.7 Å². The van der Waals surface area contributed by atoms with E-state index in [0.717, 1.165) is 18.4 Å². The smallest absolute Gasteiger partial charge is 0.242 e. The van der Waals surface area contributed by atoms with Crippen molar-refractivity contribution >= 4 is 21.6 Å². The topological polar surface area (TPSA) is 85.1 Å². The van der Waals surface area contributed by atoms with E-state index >= 15 is 0 Å². The molecule has 118 valence electrons. The zero-order valence-corrected chi connectivity index (χ0v) is 13.4. The predicted octanol–water partition coefficient (Wildman–Crippen LogP) is 2.75. The van der Waals surface area contributed by atoms with E-state index in [1.54, 1.807) is 18.2 Å². The van der Waals surface area contributed by atoms with E-state index in [1.807, 2.05) is 6.07 Å². The Hall–Kier alpha value is -1.44. The molecule has 0 spiro atoms. The van der Waals surface area contributed by atoms with Crippen molar-refractivity contribution < 1.29 is 12.9 Å². The van der Waals surface area contributed by atoms with E-state index in [1.165, 1.54) is 0 Å². The molecule has 8 heteroatoms. The number of aromatic nitrogens is 2. The lowest BCUT2D eigenvalue weighted by Crippen LogP contribution is -2.32. The maximum absolute atomic E-state index is 12.1. The van der Waals surface area contributed by atoms with Crippen LogP contribution in [0.3, 0.4) is 0 Å². The highest BCUT2D eigenvalue weighted by atomic mass is 35.5. The fourth-order valence-electron chi connectivity index (χ4n) is 2.55. The zero-order chi connectivity index (χ0) is 15.6. The first-order valence-corrected chi connectivity index (χ1v) is 9.04. The molecular formula is C14H16ClN3O3S. The number of sulfonamides is 1. The van der Waals surface area contributed by atoms with Gasteiger partial charge in [0.2, 0.25) is 21.7 Å². The summed E-state index contributed by atoms with van der Waals surface area (Å²) in [5.74, 6) is 0.620. The molecule has 0 bridgehead atoms. The summed E-state index contributed by atoms with van der Waals surface area (Å²) in [6.07, 6.45) is 3.36. The summed E-state index contributed by atoms with van der Waals surface area (Å²) in [5.41, 5.74) is 0.723. The first-order valence-electron chi connectivity index (χ1n) is 7.11. The third-order valence-electron chi connectivity index (χ3n) is 3.72. The average Bonchev–Trinajstić information content (AvgIpc) is 3.17. The Kier molecular flexibility index (Phi) is 4.46. The fraction of sp³-hybridized carbons (Fsp3) is 0.429. The third-order valence-corrected chi connectivity index (χ3v) is 5.85. The molecule has 0 atom stereocenters. The first-order chi connectivity index (χ1) is 10.5. The monoisotopic (exact) mass is 341 g/mol. The SMILES string of the molecule is O=S(=O)(NCc1nc(-c2cccc(Cl)c2)no1)C1CCCC1. The molecule has 1 aromatic heterocycles. The Morgan fingerprint density at radius 3 is 2.82 bits per heavy atom. The summed E-state index contributed by atoms with van der Waals surface area (Å²) >= 11 is 5.92. The summed E-state index contributed by atoms with van der Waals surface area (Å²) in [6, 6.07) is 7.07. The summed E-state index contributed by atoms with van der Waals surface area (Å²) in [6.45, 7) is 0.00635. The summed E-state index contributed by atoms with van der Waals surface area (Å²) < 4.78 is 31.8. The van der Waals surface area contributed by atoms with Gasteiger partial charge in [0.25, 0.3) is 0 Å². The van der Waals surface area contributed by atoms with Crippen molar-refractivity contribution in [1.29, 1.82) is 0 Å². The van der Waals surface area contributed by atoms with Crippen LogP contribution in [0.15, 0.2) is 28.8 Å². The van der Waals surface area contributed by atoms with Crippen LogP contribution < -0.4 is 4.72 Å². The van der Waals surface area contributed by atoms with Gasteiger partial charge in [-0.15, -0.1) is 0 Å². The van der Waals surface area contributed by atoms with Gasteiger partial charge in [0.1, 0.15) is 0 Å². The van der Waals surface area contributed by atoms with Crippen LogP contribution >= 0.6 is 11.6 Å². The quantitative estimate of drug-likeness (QED) is 0.903. The van der Waals surface area contributed by atoms with Gasteiger partial charge >= 0.3 is 0 Å². The minimum Gasteiger partial charge on any atom is -0.338 e. The lowest BCUT2D eigenvalue weighted by Gasteiger charge is -2.10. The van der Waals surface area contributed by atoms with Gasteiger partial charge in [0.05, 0.1) is 11.8 Å². The van der Waals surface area contributed by atoms with Gasteiger partial charge in [0, 0.05) is 10.6 Å². The van der Waals surface area contributed by atoms with Crippen molar-refractivity contribution in [1.82, 2.24) is 14.9 Å². The third kappa shape index (κ3) is 3.48. The Morgan fingerprint density at radius 1 is 1.32 bits per heavy atom. The van der Waals surface area contributed by atoms with Crippen LogP contribution in [-0.4, -0.2) is 23.8 Å². The highest BCUT2D eigenvalue weighted by molar-refractivity contribution is 7.90. The molecule has 22 heavy (non-hydrogen) atoms. The highest BCUT2D eigenvalue weighted by Crippen LogP contribution is 2.24. The van der Waals surface area contributed by atoms with Gasteiger partial charge in [-0.25, -0.2) is 13.1 Å². The van der Waals surface area contributed by atoms with Crippen molar-refractivity contribution in [2.45, 2.75) is 37.5 Å². The average molecular weight is 342 g/mol. The second-order valence-corrected chi connectivity index (χ2v) is 7.78. The Labute approximate surface area is 133 Å². The number of rotatable bonds is 5. The number of hydrogen-bond acceptors (Lipinski definition) is 5. The molecule has 1 N–H and O–H groups in total. The van der Waals surface area contributed by atoms with E-state index in [-0.39, 0.29) is 17.7 Å². The van der Waals surface area contributed by atoms with Crippen molar-refractivity contribution in [3.63, 3.8) is 0 Å². The lowest BCUT2D eigenvalue weighted by atomic mass is 10.2. The highest BCUT2D eigenvalue weighted by Gasteiger charge is 2.28. The van der Waals surface area contributed by atoms with Gasteiger partial charge in [-0.2, -0.15) is 4.98 Å². The van der Waals surface area contributed by atoms with Crippen LogP contribution in [0.4, 0.5) is 0 Å². The molecule has 6 nitrogen and oxygen atoms in total. The Balaban J connectivity index is 1.67.